The van der Waals surface area contributed by atoms with E-state index in [9.17, 15) is 0 Å². The van der Waals surface area contributed by atoms with Crippen molar-refractivity contribution < 1.29 is 0 Å². The molecule has 0 unspecified atom stereocenters. The molecule has 2 heteroatoms. The third kappa shape index (κ3) is 7.82. The number of anilines is 3. The zero-order valence-electron chi connectivity index (χ0n) is 39.6. The lowest BCUT2D eigenvalue weighted by molar-refractivity contribution is 1.18. The van der Waals surface area contributed by atoms with Crippen molar-refractivity contribution in [1.82, 2.24) is 4.57 Å². The lowest BCUT2D eigenvalue weighted by Gasteiger charge is -2.28. The number of nitrogens with zero attached hydrogens (tertiary/aromatic N) is 2. The summed E-state index contributed by atoms with van der Waals surface area (Å²) in [6, 6.07) is 106. The Morgan fingerprint density at radius 3 is 1.33 bits per heavy atom. The van der Waals surface area contributed by atoms with E-state index in [2.05, 4.69) is 301 Å². The van der Waals surface area contributed by atoms with Crippen molar-refractivity contribution in [3.63, 3.8) is 0 Å². The average molecular weight is 917 g/mol. The number of hydrogen-bond donors (Lipinski definition) is 0. The van der Waals surface area contributed by atoms with Crippen LogP contribution in [0.25, 0.3) is 105 Å². The van der Waals surface area contributed by atoms with Crippen molar-refractivity contribution in [1.29, 1.82) is 0 Å². The first-order valence-electron chi connectivity index (χ1n) is 24.7. The van der Waals surface area contributed by atoms with Gasteiger partial charge < -0.3 is 9.47 Å². The molecule has 0 aliphatic rings. The monoisotopic (exact) mass is 916 g/mol. The van der Waals surface area contributed by atoms with E-state index in [4.69, 9.17) is 0 Å². The molecule has 1 heterocycles. The Labute approximate surface area is 420 Å². The molecule has 72 heavy (non-hydrogen) atoms. The first-order chi connectivity index (χ1) is 35.7. The summed E-state index contributed by atoms with van der Waals surface area (Å²) < 4.78 is 2.39. The fraction of sp³-hybridized carbons (Fsp3) is 0. The van der Waals surface area contributed by atoms with Crippen LogP contribution in [0.4, 0.5) is 17.1 Å². The van der Waals surface area contributed by atoms with Crippen LogP contribution >= 0.6 is 0 Å². The third-order valence-electron chi connectivity index (χ3n) is 14.2. The largest absolute Gasteiger partial charge is 0.310 e. The van der Waals surface area contributed by atoms with Crippen LogP contribution in [0.5, 0.6) is 0 Å². The van der Waals surface area contributed by atoms with Crippen LogP contribution in [-0.4, -0.2) is 4.57 Å². The van der Waals surface area contributed by atoms with Crippen LogP contribution < -0.4 is 4.90 Å². The van der Waals surface area contributed by atoms with Gasteiger partial charge in [0.2, 0.25) is 0 Å². The van der Waals surface area contributed by atoms with Crippen LogP contribution in [0.15, 0.2) is 291 Å². The van der Waals surface area contributed by atoms with E-state index in [1.54, 1.807) is 0 Å². The molecule has 2 nitrogen and oxygen atoms in total. The van der Waals surface area contributed by atoms with E-state index in [-0.39, 0.29) is 0 Å². The number of fused-ring (bicyclic) bond motifs is 4. The SMILES string of the molecule is c1ccc(-c2ccc(-c3ccc(N(c4ccc(-c5ccc(-c6cccc7ccccc67)cc5)cc4)c4ccccc4-c4cccc(-c5cccc6c5c5ccccc5n6-c5ccccc5)c4)cc3)cc2)cc1. The summed E-state index contributed by atoms with van der Waals surface area (Å²) in [6.07, 6.45) is 0. The van der Waals surface area contributed by atoms with Crippen LogP contribution in [0, 0.1) is 0 Å². The van der Waals surface area contributed by atoms with E-state index < -0.39 is 0 Å². The summed E-state index contributed by atoms with van der Waals surface area (Å²) in [5, 5.41) is 5.01. The predicted octanol–water partition coefficient (Wildman–Crippen LogP) is 19.4. The average Bonchev–Trinajstić information content (AvgIpc) is 3.81. The van der Waals surface area contributed by atoms with Gasteiger partial charge in [0.1, 0.15) is 0 Å². The first kappa shape index (κ1) is 42.6. The van der Waals surface area contributed by atoms with Crippen molar-refractivity contribution in [3.05, 3.63) is 291 Å². The highest BCUT2D eigenvalue weighted by molar-refractivity contribution is 6.16. The standard InChI is InChI=1S/C70H48N2/c1-3-16-49(17-4-1)50-32-34-51(35-33-50)53-40-44-60(45-41-53)71(61-46-42-54(43-47-61)52-36-38-56(39-37-52)63-27-14-19-55-18-7-8-24-62(55)63)67-29-11-9-25-64(67)57-20-13-21-58(48-57)65-28-15-31-69-70(65)66-26-10-12-30-68(66)72(69)59-22-5-2-6-23-59/h1-48H. The first-order valence-corrected chi connectivity index (χ1v) is 24.7. The quantitative estimate of drug-likeness (QED) is 0.133. The molecule has 338 valence electrons. The molecule has 0 aliphatic carbocycles. The molecule has 0 aliphatic heterocycles. The molecule has 0 spiro atoms. The molecule has 0 atom stereocenters. The van der Waals surface area contributed by atoms with E-state index in [1.165, 1.54) is 88.2 Å². The van der Waals surface area contributed by atoms with Gasteiger partial charge in [0, 0.05) is 33.4 Å². The van der Waals surface area contributed by atoms with Crippen molar-refractivity contribution in [2.75, 3.05) is 4.90 Å². The van der Waals surface area contributed by atoms with Gasteiger partial charge in [0.25, 0.3) is 0 Å². The maximum Gasteiger partial charge on any atom is 0.0547 e. The van der Waals surface area contributed by atoms with E-state index in [0.29, 0.717) is 0 Å². The lowest BCUT2D eigenvalue weighted by Crippen LogP contribution is -2.11. The van der Waals surface area contributed by atoms with Crippen molar-refractivity contribution >= 4 is 49.6 Å². The maximum absolute atomic E-state index is 2.41. The molecule has 1 aromatic heterocycles. The predicted molar refractivity (Wildman–Crippen MR) is 306 cm³/mol. The molecular weight excluding hydrogens is 869 g/mol. The Morgan fingerprint density at radius 2 is 0.667 bits per heavy atom. The van der Waals surface area contributed by atoms with E-state index >= 15 is 0 Å². The smallest absolute Gasteiger partial charge is 0.0547 e. The minimum absolute atomic E-state index is 1.08. The topological polar surface area (TPSA) is 8.17 Å². The van der Waals surface area contributed by atoms with Gasteiger partial charge in [-0.3, -0.25) is 0 Å². The van der Waals surface area contributed by atoms with Gasteiger partial charge in [-0.25, -0.2) is 0 Å². The minimum Gasteiger partial charge on any atom is -0.310 e. The van der Waals surface area contributed by atoms with Crippen LogP contribution in [0.3, 0.4) is 0 Å². The molecule has 12 aromatic carbocycles. The second kappa shape index (κ2) is 18.4. The van der Waals surface area contributed by atoms with Crippen LogP contribution in [0.2, 0.25) is 0 Å². The van der Waals surface area contributed by atoms with E-state index in [1.807, 2.05) is 0 Å². The fourth-order valence-electron chi connectivity index (χ4n) is 10.7. The van der Waals surface area contributed by atoms with Gasteiger partial charge in [-0.15, -0.1) is 0 Å². The number of aromatic nitrogens is 1. The second-order valence-electron chi connectivity index (χ2n) is 18.5. The van der Waals surface area contributed by atoms with Gasteiger partial charge in [-0.05, 0) is 133 Å². The molecule has 0 fully saturated rings. The molecule has 0 saturated carbocycles. The summed E-state index contributed by atoms with van der Waals surface area (Å²) in [6.45, 7) is 0. The van der Waals surface area contributed by atoms with Crippen LogP contribution in [-0.2, 0) is 0 Å². The van der Waals surface area contributed by atoms with Gasteiger partial charge in [-0.2, -0.15) is 0 Å². The Morgan fingerprint density at radius 1 is 0.250 bits per heavy atom. The van der Waals surface area contributed by atoms with Crippen molar-refractivity contribution in [3.8, 4) is 72.4 Å². The second-order valence-corrected chi connectivity index (χ2v) is 18.5. The van der Waals surface area contributed by atoms with Gasteiger partial charge in [0.05, 0.1) is 16.7 Å². The summed E-state index contributed by atoms with van der Waals surface area (Å²) in [7, 11) is 0. The third-order valence-corrected chi connectivity index (χ3v) is 14.2. The molecule has 13 rings (SSSR count). The van der Waals surface area contributed by atoms with Gasteiger partial charge in [-0.1, -0.05) is 231 Å². The highest BCUT2D eigenvalue weighted by Crippen LogP contribution is 2.44. The Kier molecular flexibility index (Phi) is 10.9. The Hall–Kier alpha value is -9.50. The molecular formula is C70H48N2. The molecule has 13 aromatic rings. The fourth-order valence-corrected chi connectivity index (χ4v) is 10.7. The highest BCUT2D eigenvalue weighted by atomic mass is 15.1. The number of rotatable bonds is 10. The Bertz CT molecular complexity index is 4030. The number of benzene rings is 12. The maximum atomic E-state index is 2.41. The zero-order valence-corrected chi connectivity index (χ0v) is 39.6. The number of hydrogen-bond acceptors (Lipinski definition) is 1. The molecule has 0 radical (unpaired) electrons. The van der Waals surface area contributed by atoms with Crippen molar-refractivity contribution in [2.24, 2.45) is 0 Å². The minimum atomic E-state index is 1.08. The number of para-hydroxylation sites is 3. The zero-order chi connectivity index (χ0) is 47.8. The van der Waals surface area contributed by atoms with Gasteiger partial charge in [0.15, 0.2) is 0 Å². The molecule has 0 saturated heterocycles. The van der Waals surface area contributed by atoms with E-state index in [0.717, 1.165) is 33.9 Å². The molecule has 0 N–H and O–H groups in total. The summed E-state index contributed by atoms with van der Waals surface area (Å²) >= 11 is 0. The lowest BCUT2D eigenvalue weighted by atomic mass is 9.94. The summed E-state index contributed by atoms with van der Waals surface area (Å²) in [5.41, 5.74) is 21.1. The van der Waals surface area contributed by atoms with Crippen molar-refractivity contribution in [2.45, 2.75) is 0 Å². The van der Waals surface area contributed by atoms with Crippen LogP contribution in [0.1, 0.15) is 0 Å². The molecule has 0 bridgehead atoms. The highest BCUT2D eigenvalue weighted by Gasteiger charge is 2.20. The Balaban J connectivity index is 0.894. The normalized spacial score (nSPS) is 11.3. The molecule has 0 amide bonds. The van der Waals surface area contributed by atoms with Gasteiger partial charge >= 0.3 is 0 Å². The summed E-state index contributed by atoms with van der Waals surface area (Å²) in [5.74, 6) is 0. The summed E-state index contributed by atoms with van der Waals surface area (Å²) in [4.78, 5) is 2.41.